The van der Waals surface area contributed by atoms with Crippen LogP contribution in [0.3, 0.4) is 0 Å². The summed E-state index contributed by atoms with van der Waals surface area (Å²) in [5, 5.41) is 7.10. The molecule has 2 fully saturated rings. The average Bonchev–Trinajstić information content (AvgIpc) is 2.73. The van der Waals surface area contributed by atoms with Crippen LogP contribution in [0.2, 0.25) is 0 Å². The van der Waals surface area contributed by atoms with Crippen LogP contribution in [0.15, 0.2) is 43.1 Å². The third-order valence-electron chi connectivity index (χ3n) is 6.80. The minimum atomic E-state index is 0.615. The van der Waals surface area contributed by atoms with Crippen molar-refractivity contribution in [3.63, 3.8) is 0 Å². The first-order valence-electron chi connectivity index (χ1n) is 10.6. The fourth-order valence-corrected chi connectivity index (χ4v) is 5.35. The van der Waals surface area contributed by atoms with Gasteiger partial charge in [0.1, 0.15) is 5.82 Å². The Labute approximate surface area is 162 Å². The standard InChI is InChI=1S/C24H29N3/c1-16-11-13-26-24-20(16)15-21(23(27-24)17-6-3-2-4-7-17)18-9-10-22-19(14-18)8-5-12-25-22/h2-3,6,11,13,15,18-19,22,25H,1,4-5,7-10,12,14H2,(H,26,27). The number of aromatic nitrogens is 1. The molecule has 4 aliphatic rings. The van der Waals surface area contributed by atoms with E-state index in [1.807, 2.05) is 6.20 Å². The maximum atomic E-state index is 5.13. The lowest BCUT2D eigenvalue weighted by Gasteiger charge is -2.40. The Bertz CT molecular complexity index is 845. The number of pyridine rings is 1. The second-order valence-corrected chi connectivity index (χ2v) is 8.46. The number of piperidine rings is 1. The lowest BCUT2D eigenvalue weighted by Crippen LogP contribution is -2.44. The molecular weight excluding hydrogens is 330 g/mol. The number of hydrogen-bond acceptors (Lipinski definition) is 3. The molecule has 1 saturated heterocycles. The lowest BCUT2D eigenvalue weighted by molar-refractivity contribution is 0.194. The fourth-order valence-electron chi connectivity index (χ4n) is 5.35. The van der Waals surface area contributed by atoms with E-state index in [4.69, 9.17) is 4.98 Å². The topological polar surface area (TPSA) is 37.0 Å². The summed E-state index contributed by atoms with van der Waals surface area (Å²) in [6, 6.07) is 3.14. The number of rotatable bonds is 2. The Morgan fingerprint density at radius 3 is 3.04 bits per heavy atom. The number of nitrogens with one attached hydrogen (secondary N) is 2. The fraction of sp³-hybridized carbons (Fsp3) is 0.458. The van der Waals surface area contributed by atoms with Gasteiger partial charge in [-0.3, -0.25) is 0 Å². The van der Waals surface area contributed by atoms with Gasteiger partial charge in [-0.15, -0.1) is 0 Å². The molecule has 5 rings (SSSR count). The highest BCUT2D eigenvalue weighted by Gasteiger charge is 2.34. The third kappa shape index (κ3) is 3.19. The normalized spacial score (nSPS) is 29.6. The molecule has 3 heteroatoms. The molecule has 3 nitrogen and oxygen atoms in total. The van der Waals surface area contributed by atoms with Crippen LogP contribution in [-0.2, 0) is 0 Å². The molecular formula is C24H29N3. The van der Waals surface area contributed by atoms with Crippen molar-refractivity contribution >= 4 is 17.0 Å². The van der Waals surface area contributed by atoms with E-state index in [0.29, 0.717) is 5.92 Å². The van der Waals surface area contributed by atoms with Gasteiger partial charge in [-0.2, -0.15) is 0 Å². The second-order valence-electron chi connectivity index (χ2n) is 8.46. The van der Waals surface area contributed by atoms with E-state index in [-0.39, 0.29) is 0 Å². The Hall–Kier alpha value is -2.13. The Morgan fingerprint density at radius 2 is 2.15 bits per heavy atom. The number of anilines is 1. The number of nitrogens with zero attached hydrogens (tertiary/aromatic N) is 1. The van der Waals surface area contributed by atoms with Crippen molar-refractivity contribution in [2.24, 2.45) is 5.92 Å². The molecule has 2 aliphatic heterocycles. The first-order chi connectivity index (χ1) is 13.3. The molecule has 0 radical (unpaired) electrons. The van der Waals surface area contributed by atoms with Crippen LogP contribution >= 0.6 is 0 Å². The maximum absolute atomic E-state index is 5.13. The van der Waals surface area contributed by atoms with Crippen molar-refractivity contribution in [3.05, 3.63) is 60.0 Å². The van der Waals surface area contributed by atoms with Crippen molar-refractivity contribution in [1.82, 2.24) is 10.3 Å². The minimum absolute atomic E-state index is 0.615. The maximum Gasteiger partial charge on any atom is 0.138 e. The van der Waals surface area contributed by atoms with E-state index >= 15 is 0 Å². The molecule has 0 aromatic carbocycles. The Balaban J connectivity index is 1.55. The third-order valence-corrected chi connectivity index (χ3v) is 6.80. The molecule has 3 atom stereocenters. The largest absolute Gasteiger partial charge is 0.346 e. The number of allylic oxidation sites excluding steroid dienone is 6. The van der Waals surface area contributed by atoms with Gasteiger partial charge in [-0.05, 0) is 92.2 Å². The molecule has 0 spiro atoms. The van der Waals surface area contributed by atoms with Crippen molar-refractivity contribution in [3.8, 4) is 0 Å². The summed E-state index contributed by atoms with van der Waals surface area (Å²) >= 11 is 0. The van der Waals surface area contributed by atoms with Crippen molar-refractivity contribution in [2.75, 3.05) is 11.9 Å². The average molecular weight is 360 g/mol. The molecule has 3 unspecified atom stereocenters. The summed E-state index contributed by atoms with van der Waals surface area (Å²) < 4.78 is 0. The summed E-state index contributed by atoms with van der Waals surface area (Å²) in [5.74, 6) is 2.40. The Morgan fingerprint density at radius 1 is 1.19 bits per heavy atom. The quantitative estimate of drug-likeness (QED) is 0.742. The molecule has 0 amide bonds. The zero-order valence-corrected chi connectivity index (χ0v) is 16.0. The summed E-state index contributed by atoms with van der Waals surface area (Å²) in [5.41, 5.74) is 6.31. The zero-order valence-electron chi connectivity index (χ0n) is 16.0. The number of fused-ring (bicyclic) bond motifs is 2. The first-order valence-corrected chi connectivity index (χ1v) is 10.6. The molecule has 3 heterocycles. The van der Waals surface area contributed by atoms with Crippen LogP contribution in [0.4, 0.5) is 5.82 Å². The van der Waals surface area contributed by atoms with Crippen LogP contribution in [0.25, 0.3) is 11.1 Å². The van der Waals surface area contributed by atoms with E-state index < -0.39 is 0 Å². The van der Waals surface area contributed by atoms with Gasteiger partial charge in [0.15, 0.2) is 0 Å². The molecule has 27 heavy (non-hydrogen) atoms. The SMILES string of the molecule is C=C1C=CNc2nc(C3=CC=CCC3)c(C3CCC4NCCCC4C3)cc21. The molecule has 2 N–H and O–H groups in total. The number of hydrogen-bond donors (Lipinski definition) is 2. The molecule has 1 aromatic rings. The van der Waals surface area contributed by atoms with E-state index in [1.54, 1.807) is 0 Å². The van der Waals surface area contributed by atoms with Gasteiger partial charge in [-0.25, -0.2) is 4.98 Å². The van der Waals surface area contributed by atoms with Crippen LogP contribution < -0.4 is 10.6 Å². The monoisotopic (exact) mass is 359 g/mol. The van der Waals surface area contributed by atoms with Gasteiger partial charge in [0.25, 0.3) is 0 Å². The molecule has 2 aliphatic carbocycles. The van der Waals surface area contributed by atoms with E-state index in [0.717, 1.165) is 36.2 Å². The predicted octanol–water partition coefficient (Wildman–Crippen LogP) is 5.40. The summed E-state index contributed by atoms with van der Waals surface area (Å²) in [4.78, 5) is 5.13. The van der Waals surface area contributed by atoms with Gasteiger partial charge >= 0.3 is 0 Å². The zero-order chi connectivity index (χ0) is 18.2. The van der Waals surface area contributed by atoms with Gasteiger partial charge in [0.2, 0.25) is 0 Å². The summed E-state index contributed by atoms with van der Waals surface area (Å²) in [6.45, 7) is 5.45. The minimum Gasteiger partial charge on any atom is -0.346 e. The van der Waals surface area contributed by atoms with Gasteiger partial charge in [0, 0.05) is 17.8 Å². The first kappa shape index (κ1) is 17.0. The van der Waals surface area contributed by atoms with Crippen LogP contribution in [0.1, 0.15) is 67.7 Å². The Kier molecular flexibility index (Phi) is 4.48. The highest BCUT2D eigenvalue weighted by Crippen LogP contribution is 2.44. The smallest absolute Gasteiger partial charge is 0.138 e. The van der Waals surface area contributed by atoms with Gasteiger partial charge < -0.3 is 10.6 Å². The summed E-state index contributed by atoms with van der Waals surface area (Å²) in [6.07, 6.45) is 19.5. The lowest BCUT2D eigenvalue weighted by atomic mass is 9.71. The molecule has 1 aromatic heterocycles. The highest BCUT2D eigenvalue weighted by atomic mass is 15.0. The summed E-state index contributed by atoms with van der Waals surface area (Å²) in [7, 11) is 0. The van der Waals surface area contributed by atoms with Crippen LogP contribution in [-0.4, -0.2) is 17.6 Å². The van der Waals surface area contributed by atoms with E-state index in [2.05, 4.69) is 47.6 Å². The second kappa shape index (κ2) is 7.12. The molecule has 0 bridgehead atoms. The van der Waals surface area contributed by atoms with Crippen molar-refractivity contribution in [2.45, 2.75) is 56.9 Å². The van der Waals surface area contributed by atoms with Gasteiger partial charge in [0.05, 0.1) is 5.69 Å². The van der Waals surface area contributed by atoms with Crippen LogP contribution in [0, 0.1) is 5.92 Å². The predicted molar refractivity (Wildman–Crippen MR) is 113 cm³/mol. The van der Waals surface area contributed by atoms with Gasteiger partial charge in [-0.1, -0.05) is 24.8 Å². The van der Waals surface area contributed by atoms with Crippen molar-refractivity contribution < 1.29 is 0 Å². The highest BCUT2D eigenvalue weighted by molar-refractivity contribution is 5.84. The van der Waals surface area contributed by atoms with Crippen molar-refractivity contribution in [1.29, 1.82) is 0 Å². The molecule has 1 saturated carbocycles. The molecule has 140 valence electrons. The van der Waals surface area contributed by atoms with E-state index in [9.17, 15) is 0 Å². The van der Waals surface area contributed by atoms with E-state index in [1.165, 1.54) is 61.0 Å². The van der Waals surface area contributed by atoms with Crippen LogP contribution in [0.5, 0.6) is 0 Å².